The molecule has 0 spiro atoms. The van der Waals surface area contributed by atoms with E-state index in [1.165, 1.54) is 0 Å². The molecule has 174 valence electrons. The summed E-state index contributed by atoms with van der Waals surface area (Å²) in [5.74, 6) is -18.7. The zero-order valence-electron chi connectivity index (χ0n) is 14.9. The molecule has 1 rings (SSSR count). The fourth-order valence-electron chi connectivity index (χ4n) is 1.67. The predicted octanol–water partition coefficient (Wildman–Crippen LogP) is 4.55. The summed E-state index contributed by atoms with van der Waals surface area (Å²) < 4.78 is 136. The fraction of sp³-hybridized carbons (Fsp3) is 0.375. The number of carbonyl (C=O) groups is 2. The van der Waals surface area contributed by atoms with E-state index in [0.717, 1.165) is 37.5 Å². The van der Waals surface area contributed by atoms with Crippen LogP contribution in [0.15, 0.2) is 24.3 Å². The van der Waals surface area contributed by atoms with Crippen molar-refractivity contribution in [1.29, 1.82) is 0 Å². The number of benzene rings is 1. The first-order chi connectivity index (χ1) is 13.9. The molecular formula is C16H10F10O5. The average molecular weight is 472 g/mol. The maximum absolute atomic E-state index is 12.9. The van der Waals surface area contributed by atoms with Gasteiger partial charge in [0, 0.05) is 0 Å². The Morgan fingerprint density at radius 2 is 1.35 bits per heavy atom. The van der Waals surface area contributed by atoms with Crippen LogP contribution in [-0.4, -0.2) is 49.9 Å². The lowest BCUT2D eigenvalue weighted by Crippen LogP contribution is -2.46. The van der Waals surface area contributed by atoms with Gasteiger partial charge >= 0.3 is 36.1 Å². The summed E-state index contributed by atoms with van der Waals surface area (Å²) in [7, 11) is 0.934. The van der Waals surface area contributed by atoms with Crippen molar-refractivity contribution in [2.24, 2.45) is 0 Å². The fourth-order valence-corrected chi connectivity index (χ4v) is 1.67. The van der Waals surface area contributed by atoms with Crippen LogP contribution in [0.4, 0.5) is 43.9 Å². The molecule has 0 radical (unpaired) electrons. The molecule has 0 atom stereocenters. The summed E-state index contributed by atoms with van der Waals surface area (Å²) in [4.78, 5) is 21.9. The van der Waals surface area contributed by atoms with Crippen molar-refractivity contribution in [2.45, 2.75) is 24.2 Å². The number of ether oxygens (including phenoxy) is 3. The van der Waals surface area contributed by atoms with Crippen LogP contribution in [0.25, 0.3) is 6.08 Å². The van der Waals surface area contributed by atoms with Gasteiger partial charge in [0.2, 0.25) is 0 Å². The normalized spacial score (nSPS) is 13.3. The van der Waals surface area contributed by atoms with Crippen molar-refractivity contribution < 1.29 is 67.7 Å². The molecule has 0 unspecified atom stereocenters. The monoisotopic (exact) mass is 472 g/mol. The van der Waals surface area contributed by atoms with Crippen molar-refractivity contribution in [3.63, 3.8) is 0 Å². The van der Waals surface area contributed by atoms with Gasteiger partial charge in [-0.2, -0.15) is 43.9 Å². The number of hydrogen-bond acceptors (Lipinski definition) is 5. The van der Waals surface area contributed by atoms with E-state index in [4.69, 9.17) is 0 Å². The smallest absolute Gasteiger partial charge is 0.465 e. The number of hydrogen-bond donors (Lipinski definition) is 0. The maximum Gasteiger partial charge on any atom is 0.465 e. The van der Waals surface area contributed by atoms with Crippen LogP contribution in [0, 0.1) is 0 Å². The molecule has 0 N–H and O–H groups in total. The molecule has 5 nitrogen and oxygen atoms in total. The third-order valence-electron chi connectivity index (χ3n) is 3.24. The Morgan fingerprint density at radius 1 is 0.839 bits per heavy atom. The van der Waals surface area contributed by atoms with E-state index in [-0.39, 0.29) is 5.56 Å². The van der Waals surface area contributed by atoms with Crippen LogP contribution < -0.4 is 9.47 Å². The molecule has 0 bridgehead atoms. The lowest BCUT2D eigenvalue weighted by Gasteiger charge is -2.18. The van der Waals surface area contributed by atoms with Crippen LogP contribution in [-0.2, 0) is 14.3 Å². The quantitative estimate of drug-likeness (QED) is 0.331. The Kier molecular flexibility index (Phi) is 7.57. The molecule has 0 saturated carbocycles. The summed E-state index contributed by atoms with van der Waals surface area (Å²) in [5.41, 5.74) is 0.0258. The van der Waals surface area contributed by atoms with Gasteiger partial charge in [0.05, 0.1) is 7.11 Å². The summed E-state index contributed by atoms with van der Waals surface area (Å²) in [6.45, 7) is -1.03. The summed E-state index contributed by atoms with van der Waals surface area (Å²) in [5, 5.41) is 0. The first-order valence-electron chi connectivity index (χ1n) is 7.58. The number of esters is 2. The summed E-state index contributed by atoms with van der Waals surface area (Å²) in [6.07, 6.45) is -10.6. The maximum atomic E-state index is 12.9. The van der Waals surface area contributed by atoms with Crippen LogP contribution in [0.2, 0.25) is 0 Å². The van der Waals surface area contributed by atoms with Gasteiger partial charge in [-0.15, -0.1) is 0 Å². The van der Waals surface area contributed by atoms with Crippen molar-refractivity contribution in [1.82, 2.24) is 0 Å². The highest BCUT2D eigenvalue weighted by atomic mass is 19.4. The van der Waals surface area contributed by atoms with E-state index >= 15 is 0 Å². The largest absolute Gasteiger partial charge is 0.493 e. The number of methoxy groups -OCH3 is 1. The topological polar surface area (TPSA) is 61.8 Å². The Balaban J connectivity index is 2.86. The van der Waals surface area contributed by atoms with Gasteiger partial charge in [-0.25, -0.2) is 9.59 Å². The molecule has 0 fully saturated rings. The Labute approximate surface area is 166 Å². The van der Waals surface area contributed by atoms with Gasteiger partial charge in [0.15, 0.2) is 11.5 Å². The highest BCUT2D eigenvalue weighted by Crippen LogP contribution is 2.38. The lowest BCUT2D eigenvalue weighted by molar-refractivity contribution is -0.280. The van der Waals surface area contributed by atoms with Crippen molar-refractivity contribution in [3.05, 3.63) is 29.8 Å². The molecule has 15 heteroatoms. The molecule has 0 aromatic heterocycles. The van der Waals surface area contributed by atoms with Gasteiger partial charge in [0.1, 0.15) is 6.61 Å². The minimum atomic E-state index is -6.21. The van der Waals surface area contributed by atoms with Gasteiger partial charge in [-0.05, 0) is 23.8 Å². The Hall–Kier alpha value is -3.00. The van der Waals surface area contributed by atoms with Crippen molar-refractivity contribution >= 4 is 18.0 Å². The predicted molar refractivity (Wildman–Crippen MR) is 80.6 cm³/mol. The second-order valence-electron chi connectivity index (χ2n) is 5.44. The minimum absolute atomic E-state index is 0.0258. The van der Waals surface area contributed by atoms with Crippen molar-refractivity contribution in [3.8, 4) is 11.5 Å². The second-order valence-corrected chi connectivity index (χ2v) is 5.44. The van der Waals surface area contributed by atoms with Crippen LogP contribution in [0.1, 0.15) is 5.56 Å². The molecule has 31 heavy (non-hydrogen) atoms. The van der Waals surface area contributed by atoms with Gasteiger partial charge in [0.25, 0.3) is 0 Å². The standard InChI is InChI=1S/C16H10F10O5/c1-29-10-7-8(3-2-6-30-11(27)13(17,18)15(21,22)23)4-5-9(10)31-12(28)14(19,20)16(24,25)26/h2-5,7H,6H2,1H3/b3-2+. The Bertz CT molecular complexity index is 842. The third-order valence-corrected chi connectivity index (χ3v) is 3.24. The van der Waals surface area contributed by atoms with E-state index in [1.54, 1.807) is 0 Å². The van der Waals surface area contributed by atoms with E-state index in [2.05, 4.69) is 14.2 Å². The van der Waals surface area contributed by atoms with E-state index in [9.17, 15) is 53.5 Å². The third kappa shape index (κ3) is 6.01. The van der Waals surface area contributed by atoms with E-state index in [0.29, 0.717) is 0 Å². The number of alkyl halides is 10. The highest BCUT2D eigenvalue weighted by Gasteiger charge is 2.65. The van der Waals surface area contributed by atoms with Gasteiger partial charge in [-0.1, -0.05) is 12.1 Å². The number of halogens is 10. The molecule has 0 saturated heterocycles. The van der Waals surface area contributed by atoms with Crippen LogP contribution in [0.5, 0.6) is 11.5 Å². The van der Waals surface area contributed by atoms with Crippen LogP contribution >= 0.6 is 0 Å². The molecular weight excluding hydrogens is 462 g/mol. The molecule has 0 aliphatic rings. The van der Waals surface area contributed by atoms with E-state index < -0.39 is 54.2 Å². The SMILES string of the molecule is COc1cc(/C=C/COC(=O)C(F)(F)C(F)(F)F)ccc1OC(=O)C(F)(F)C(F)(F)F. The molecule has 0 amide bonds. The Morgan fingerprint density at radius 3 is 1.84 bits per heavy atom. The van der Waals surface area contributed by atoms with Crippen molar-refractivity contribution in [2.75, 3.05) is 13.7 Å². The zero-order valence-corrected chi connectivity index (χ0v) is 14.9. The molecule has 0 aliphatic heterocycles. The average Bonchev–Trinajstić information content (AvgIpc) is 2.63. The van der Waals surface area contributed by atoms with Crippen LogP contribution in [0.3, 0.4) is 0 Å². The zero-order chi connectivity index (χ0) is 24.3. The molecule has 1 aromatic rings. The second kappa shape index (κ2) is 9.01. The first kappa shape index (κ1) is 26.0. The molecule has 0 heterocycles. The molecule has 0 aliphatic carbocycles. The summed E-state index contributed by atoms with van der Waals surface area (Å²) >= 11 is 0. The first-order valence-corrected chi connectivity index (χ1v) is 7.58. The molecule has 1 aromatic carbocycles. The number of carbonyl (C=O) groups excluding carboxylic acids is 2. The summed E-state index contributed by atoms with van der Waals surface area (Å²) in [6, 6.07) is 2.64. The lowest BCUT2D eigenvalue weighted by atomic mass is 10.2. The van der Waals surface area contributed by atoms with E-state index in [1.807, 2.05) is 0 Å². The highest BCUT2D eigenvalue weighted by molar-refractivity contribution is 5.81. The van der Waals surface area contributed by atoms with Gasteiger partial charge < -0.3 is 14.2 Å². The minimum Gasteiger partial charge on any atom is -0.493 e. The van der Waals surface area contributed by atoms with Gasteiger partial charge in [-0.3, -0.25) is 0 Å². The number of rotatable bonds is 7.